The summed E-state index contributed by atoms with van der Waals surface area (Å²) in [5.74, 6) is -0.169. The maximum absolute atomic E-state index is 11.3. The van der Waals surface area contributed by atoms with Crippen LogP contribution in [-0.2, 0) is 16.0 Å². The van der Waals surface area contributed by atoms with Gasteiger partial charge < -0.3 is 4.74 Å². The van der Waals surface area contributed by atoms with Crippen LogP contribution in [0.3, 0.4) is 0 Å². The van der Waals surface area contributed by atoms with E-state index >= 15 is 0 Å². The second-order valence-electron chi connectivity index (χ2n) is 3.96. The molecule has 0 bridgehead atoms. The van der Waals surface area contributed by atoms with Gasteiger partial charge in [0.2, 0.25) is 0 Å². The predicted molar refractivity (Wildman–Crippen MR) is 76.5 cm³/mol. The van der Waals surface area contributed by atoms with Crippen molar-refractivity contribution in [3.05, 3.63) is 35.4 Å². The summed E-state index contributed by atoms with van der Waals surface area (Å²) >= 11 is 0. The molecule has 0 amide bonds. The Morgan fingerprint density at radius 1 is 1.47 bits per heavy atom. The van der Waals surface area contributed by atoms with Gasteiger partial charge in [-0.2, -0.15) is 0 Å². The Bertz CT molecular complexity index is 354. The van der Waals surface area contributed by atoms with Gasteiger partial charge >= 0.3 is 5.97 Å². The van der Waals surface area contributed by atoms with E-state index in [1.165, 1.54) is 18.2 Å². The van der Waals surface area contributed by atoms with Gasteiger partial charge in [0.1, 0.15) is 0 Å². The van der Waals surface area contributed by atoms with Crippen LogP contribution in [-0.4, -0.2) is 19.1 Å². The highest BCUT2D eigenvalue weighted by molar-refractivity contribution is 8.01. The van der Waals surface area contributed by atoms with Crippen LogP contribution in [0.25, 0.3) is 0 Å². The molecule has 5 heteroatoms. The Morgan fingerprint density at radius 2 is 2.12 bits per heavy atom. The summed E-state index contributed by atoms with van der Waals surface area (Å²) in [6.07, 6.45) is 1.25. The number of esters is 1. The van der Waals surface area contributed by atoms with Gasteiger partial charge in [-0.25, -0.2) is 0 Å². The molecule has 94 valence electrons. The number of carbonyl (C=O) groups excluding carboxylic acids is 1. The number of methoxy groups -OCH3 is 1. The lowest BCUT2D eigenvalue weighted by Crippen LogP contribution is -2.27. The average Bonchev–Trinajstić information content (AvgIpc) is 2.32. The summed E-state index contributed by atoms with van der Waals surface area (Å²) < 4.78 is 4.70. The molecule has 0 radical (unpaired) electrons. The normalized spacial score (nSPS) is 12.9. The second-order valence-corrected chi connectivity index (χ2v) is 5.40. The Balaban J connectivity index is 2.59. The first-order valence-corrected chi connectivity index (χ1v) is 8.30. The van der Waals surface area contributed by atoms with Gasteiger partial charge in [0.15, 0.2) is 0 Å². The maximum atomic E-state index is 11.3. The molecule has 17 heavy (non-hydrogen) atoms. The van der Waals surface area contributed by atoms with E-state index in [1.807, 2.05) is 0 Å². The molecule has 3 unspecified atom stereocenters. The van der Waals surface area contributed by atoms with Crippen molar-refractivity contribution < 1.29 is 9.53 Å². The van der Waals surface area contributed by atoms with E-state index in [4.69, 9.17) is 4.74 Å². The molecule has 3 nitrogen and oxygen atoms in total. The lowest BCUT2D eigenvalue weighted by molar-refractivity contribution is -0.141. The van der Waals surface area contributed by atoms with Gasteiger partial charge in [-0.1, -0.05) is 38.8 Å². The molecule has 0 spiro atoms. The molecule has 1 aromatic rings. The van der Waals surface area contributed by atoms with Gasteiger partial charge in [-0.3, -0.25) is 9.88 Å². The van der Waals surface area contributed by atoms with Gasteiger partial charge in [-0.05, 0) is 27.3 Å². The van der Waals surface area contributed by atoms with Gasteiger partial charge in [0.05, 0.1) is 13.5 Å². The van der Waals surface area contributed by atoms with Crippen molar-refractivity contribution in [1.82, 2.24) is 5.09 Å². The number of ether oxygens (including phenoxy) is 1. The molecule has 0 aliphatic rings. The molecule has 0 aromatic heterocycles. The van der Waals surface area contributed by atoms with E-state index < -0.39 is 0 Å². The molecule has 1 rings (SSSR count). The number of hydrogen-bond acceptors (Lipinski definition) is 3. The summed E-state index contributed by atoms with van der Waals surface area (Å²) in [7, 11) is 4.61. The molecular formula is C12H19NO2P2. The van der Waals surface area contributed by atoms with Crippen molar-refractivity contribution in [3.63, 3.8) is 0 Å². The number of rotatable bonds is 6. The molecule has 0 saturated heterocycles. The standard InChI is InChI=1S/C12H19NO2P2/c1-9-3-5-10(6-4-9)7-11(13-17-16)8-12(14)15-2/h3-6,11,13,17H,7-8,16H2,1-2H3. The average molecular weight is 271 g/mol. The topological polar surface area (TPSA) is 38.3 Å². The summed E-state index contributed by atoms with van der Waals surface area (Å²) in [5.41, 5.74) is 2.49. The largest absolute Gasteiger partial charge is 0.469 e. The van der Waals surface area contributed by atoms with Crippen LogP contribution in [0.1, 0.15) is 17.5 Å². The zero-order valence-electron chi connectivity index (χ0n) is 10.2. The van der Waals surface area contributed by atoms with E-state index in [0.717, 1.165) is 6.42 Å². The minimum absolute atomic E-state index is 0.140. The second kappa shape index (κ2) is 7.76. The van der Waals surface area contributed by atoms with Crippen LogP contribution in [0, 0.1) is 6.92 Å². The fourth-order valence-corrected chi connectivity index (χ4v) is 2.73. The third-order valence-electron chi connectivity index (χ3n) is 2.53. The first-order valence-electron chi connectivity index (χ1n) is 5.49. The third kappa shape index (κ3) is 5.59. The number of nitrogens with one attached hydrogen (secondary N) is 1. The highest BCUT2D eigenvalue weighted by Crippen LogP contribution is 2.18. The van der Waals surface area contributed by atoms with Gasteiger partial charge in [0.25, 0.3) is 0 Å². The summed E-state index contributed by atoms with van der Waals surface area (Å²) in [5, 5.41) is 3.30. The zero-order valence-corrected chi connectivity index (χ0v) is 12.3. The fraction of sp³-hybridized carbons (Fsp3) is 0.417. The van der Waals surface area contributed by atoms with E-state index in [-0.39, 0.29) is 12.0 Å². The van der Waals surface area contributed by atoms with E-state index in [9.17, 15) is 4.79 Å². The number of carbonyl (C=O) groups is 1. The van der Waals surface area contributed by atoms with Gasteiger partial charge in [-0.15, -0.1) is 0 Å². The SMILES string of the molecule is COC(=O)CC(Cc1ccc(C)cc1)NPP. The van der Waals surface area contributed by atoms with Crippen LogP contribution in [0.15, 0.2) is 24.3 Å². The molecule has 0 saturated carbocycles. The monoisotopic (exact) mass is 271 g/mol. The molecule has 1 aromatic carbocycles. The molecule has 0 heterocycles. The summed E-state index contributed by atoms with van der Waals surface area (Å²) in [6, 6.07) is 8.53. The third-order valence-corrected chi connectivity index (χ3v) is 3.61. The van der Waals surface area contributed by atoms with Crippen LogP contribution in [0.2, 0.25) is 0 Å². The smallest absolute Gasteiger partial charge is 0.307 e. The number of aryl methyl sites for hydroxylation is 1. The first-order chi connectivity index (χ1) is 8.15. The number of benzene rings is 1. The highest BCUT2D eigenvalue weighted by atomic mass is 32.0. The predicted octanol–water partition coefficient (Wildman–Crippen LogP) is 2.44. The molecular weight excluding hydrogens is 252 g/mol. The minimum atomic E-state index is -0.169. The molecule has 1 N–H and O–H groups in total. The Morgan fingerprint density at radius 3 is 2.65 bits per heavy atom. The van der Waals surface area contributed by atoms with E-state index in [2.05, 4.69) is 45.2 Å². The van der Waals surface area contributed by atoms with Crippen LogP contribution in [0.5, 0.6) is 0 Å². The van der Waals surface area contributed by atoms with Crippen LogP contribution in [0.4, 0.5) is 0 Å². The lowest BCUT2D eigenvalue weighted by Gasteiger charge is -2.16. The van der Waals surface area contributed by atoms with Crippen molar-refractivity contribution >= 4 is 23.3 Å². The van der Waals surface area contributed by atoms with Crippen LogP contribution >= 0.6 is 17.3 Å². The first kappa shape index (κ1) is 14.6. The van der Waals surface area contributed by atoms with Gasteiger partial charge in [0, 0.05) is 6.04 Å². The fourth-order valence-electron chi connectivity index (χ4n) is 1.59. The highest BCUT2D eigenvalue weighted by Gasteiger charge is 2.13. The maximum Gasteiger partial charge on any atom is 0.307 e. The summed E-state index contributed by atoms with van der Waals surface area (Å²) in [4.78, 5) is 11.3. The molecule has 0 aliphatic heterocycles. The van der Waals surface area contributed by atoms with E-state index in [0.29, 0.717) is 14.8 Å². The van der Waals surface area contributed by atoms with Crippen molar-refractivity contribution in [2.75, 3.05) is 7.11 Å². The van der Waals surface area contributed by atoms with Crippen molar-refractivity contribution in [2.24, 2.45) is 0 Å². The van der Waals surface area contributed by atoms with Crippen molar-refractivity contribution in [3.8, 4) is 0 Å². The molecule has 3 atom stereocenters. The minimum Gasteiger partial charge on any atom is -0.469 e. The quantitative estimate of drug-likeness (QED) is 0.638. The Labute approximate surface area is 107 Å². The zero-order chi connectivity index (χ0) is 12.7. The van der Waals surface area contributed by atoms with Crippen molar-refractivity contribution in [1.29, 1.82) is 0 Å². The molecule has 0 fully saturated rings. The van der Waals surface area contributed by atoms with Crippen molar-refractivity contribution in [2.45, 2.75) is 25.8 Å². The number of hydrogen-bond donors (Lipinski definition) is 1. The summed E-state index contributed by atoms with van der Waals surface area (Å²) in [6.45, 7) is 2.07. The molecule has 0 aliphatic carbocycles. The van der Waals surface area contributed by atoms with E-state index in [1.54, 1.807) is 0 Å². The lowest BCUT2D eigenvalue weighted by atomic mass is 10.0. The Kier molecular flexibility index (Phi) is 6.65. The van der Waals surface area contributed by atoms with Crippen LogP contribution < -0.4 is 5.09 Å². The Hall–Kier alpha value is -0.490.